The fourth-order valence-electron chi connectivity index (χ4n) is 1.79. The van der Waals surface area contributed by atoms with E-state index in [-0.39, 0.29) is 0 Å². The van der Waals surface area contributed by atoms with Gasteiger partial charge in [-0.15, -0.1) is 0 Å². The van der Waals surface area contributed by atoms with E-state index in [1.54, 1.807) is 6.08 Å². The quantitative estimate of drug-likeness (QED) is 0.800. The van der Waals surface area contributed by atoms with E-state index in [1.807, 2.05) is 24.3 Å². The van der Waals surface area contributed by atoms with Crippen LogP contribution in [0.15, 0.2) is 55.1 Å². The number of nitrogens with one attached hydrogen (secondary N) is 1. The molecule has 0 fully saturated rings. The van der Waals surface area contributed by atoms with Gasteiger partial charge in [-0.25, -0.2) is 8.78 Å². The van der Waals surface area contributed by atoms with E-state index in [2.05, 4.69) is 11.9 Å². The first-order valence-electron chi connectivity index (χ1n) is 6.20. The molecule has 0 atom stereocenters. The smallest absolute Gasteiger partial charge is 0.128 e. The average molecular weight is 275 g/mol. The normalized spacial score (nSPS) is 10.1. The van der Waals surface area contributed by atoms with Gasteiger partial charge in [0, 0.05) is 23.9 Å². The van der Waals surface area contributed by atoms with E-state index >= 15 is 0 Å². The van der Waals surface area contributed by atoms with E-state index in [1.165, 1.54) is 12.1 Å². The maximum absolute atomic E-state index is 13.1. The summed E-state index contributed by atoms with van der Waals surface area (Å²) in [5, 5.41) is 2.97. The van der Waals surface area contributed by atoms with E-state index < -0.39 is 11.6 Å². The minimum absolute atomic E-state index is 0.390. The Labute approximate surface area is 116 Å². The Morgan fingerprint density at radius 2 is 1.80 bits per heavy atom. The molecule has 0 aliphatic heterocycles. The molecular weight excluding hydrogens is 260 g/mol. The molecule has 0 radical (unpaired) electrons. The van der Waals surface area contributed by atoms with Crippen LogP contribution < -0.4 is 10.1 Å². The second-order valence-electron chi connectivity index (χ2n) is 4.22. The summed E-state index contributed by atoms with van der Waals surface area (Å²) in [5.74, 6) is -0.496. The molecule has 0 aliphatic carbocycles. The molecule has 2 aromatic carbocycles. The lowest BCUT2D eigenvalue weighted by atomic mass is 10.2. The lowest BCUT2D eigenvalue weighted by Gasteiger charge is -2.12. The summed E-state index contributed by atoms with van der Waals surface area (Å²) in [6.07, 6.45) is 1.66. The largest absolute Gasteiger partial charge is 0.489 e. The summed E-state index contributed by atoms with van der Waals surface area (Å²) in [6, 6.07) is 10.8. The molecule has 104 valence electrons. The van der Waals surface area contributed by atoms with Crippen molar-refractivity contribution in [1.82, 2.24) is 0 Å². The van der Waals surface area contributed by atoms with Crippen LogP contribution >= 0.6 is 0 Å². The summed E-state index contributed by atoms with van der Waals surface area (Å²) in [4.78, 5) is 0. The second-order valence-corrected chi connectivity index (χ2v) is 4.22. The Morgan fingerprint density at radius 1 is 1.10 bits per heavy atom. The maximum atomic E-state index is 13.1. The van der Waals surface area contributed by atoms with Gasteiger partial charge in [0.1, 0.15) is 24.0 Å². The van der Waals surface area contributed by atoms with Crippen LogP contribution in [0.5, 0.6) is 5.75 Å². The summed E-state index contributed by atoms with van der Waals surface area (Å²) in [7, 11) is 0. The van der Waals surface area contributed by atoms with Gasteiger partial charge in [-0.2, -0.15) is 0 Å². The third-order valence-corrected chi connectivity index (χ3v) is 2.67. The molecule has 0 saturated carbocycles. The highest BCUT2D eigenvalue weighted by Gasteiger charge is 2.04. The van der Waals surface area contributed by atoms with Crippen molar-refractivity contribution in [3.63, 3.8) is 0 Å². The fourth-order valence-corrected chi connectivity index (χ4v) is 1.79. The minimum atomic E-state index is -0.608. The van der Waals surface area contributed by atoms with Gasteiger partial charge in [0.2, 0.25) is 0 Å². The van der Waals surface area contributed by atoms with Gasteiger partial charge in [-0.05, 0) is 18.2 Å². The molecule has 0 bridgehead atoms. The van der Waals surface area contributed by atoms with Gasteiger partial charge in [-0.3, -0.25) is 0 Å². The molecule has 4 heteroatoms. The summed E-state index contributed by atoms with van der Waals surface area (Å²) >= 11 is 0. The highest BCUT2D eigenvalue weighted by Crippen LogP contribution is 2.20. The average Bonchev–Trinajstić information content (AvgIpc) is 2.43. The first kappa shape index (κ1) is 14.1. The topological polar surface area (TPSA) is 21.3 Å². The van der Waals surface area contributed by atoms with Crippen LogP contribution in [0.4, 0.5) is 14.5 Å². The lowest BCUT2D eigenvalue weighted by molar-refractivity contribution is 0.359. The molecule has 20 heavy (non-hydrogen) atoms. The molecule has 0 aromatic heterocycles. The minimum Gasteiger partial charge on any atom is -0.489 e. The van der Waals surface area contributed by atoms with Crippen LogP contribution in [0.1, 0.15) is 5.56 Å². The monoisotopic (exact) mass is 275 g/mol. The van der Waals surface area contributed by atoms with Gasteiger partial charge in [0.25, 0.3) is 0 Å². The highest BCUT2D eigenvalue weighted by atomic mass is 19.1. The molecule has 2 nitrogen and oxygen atoms in total. The second kappa shape index (κ2) is 6.70. The molecule has 0 spiro atoms. The zero-order chi connectivity index (χ0) is 14.4. The van der Waals surface area contributed by atoms with E-state index in [0.717, 1.165) is 17.4 Å². The van der Waals surface area contributed by atoms with Gasteiger partial charge in [-0.1, -0.05) is 30.9 Å². The molecule has 2 aromatic rings. The van der Waals surface area contributed by atoms with Crippen molar-refractivity contribution in [2.45, 2.75) is 6.54 Å². The third-order valence-electron chi connectivity index (χ3n) is 2.67. The molecule has 0 amide bonds. The Balaban J connectivity index is 2.08. The molecule has 0 unspecified atom stereocenters. The number of halogens is 2. The van der Waals surface area contributed by atoms with Crippen LogP contribution in [0.2, 0.25) is 0 Å². The van der Waals surface area contributed by atoms with Crippen molar-refractivity contribution >= 4 is 5.69 Å². The zero-order valence-corrected chi connectivity index (χ0v) is 10.9. The van der Waals surface area contributed by atoms with Crippen molar-refractivity contribution in [2.24, 2.45) is 0 Å². The van der Waals surface area contributed by atoms with Crippen LogP contribution in [0.25, 0.3) is 0 Å². The molecule has 0 saturated heterocycles. The molecule has 0 aliphatic rings. The Kier molecular flexibility index (Phi) is 4.71. The predicted octanol–water partition coefficient (Wildman–Crippen LogP) is 4.14. The first-order chi connectivity index (χ1) is 9.69. The Morgan fingerprint density at radius 3 is 2.50 bits per heavy atom. The van der Waals surface area contributed by atoms with Crippen molar-refractivity contribution in [2.75, 3.05) is 11.9 Å². The number of rotatable bonds is 6. The Bertz CT molecular complexity index is 579. The van der Waals surface area contributed by atoms with Crippen LogP contribution in [-0.4, -0.2) is 6.61 Å². The number of hydrogen-bond acceptors (Lipinski definition) is 2. The third kappa shape index (κ3) is 3.82. The van der Waals surface area contributed by atoms with Crippen LogP contribution in [0.3, 0.4) is 0 Å². The molecular formula is C16H15F2NO. The summed E-state index contributed by atoms with van der Waals surface area (Å²) in [6.45, 7) is 4.42. The van der Waals surface area contributed by atoms with Crippen molar-refractivity contribution in [3.8, 4) is 5.75 Å². The number of hydrogen-bond donors (Lipinski definition) is 1. The maximum Gasteiger partial charge on any atom is 0.128 e. The van der Waals surface area contributed by atoms with Crippen molar-refractivity contribution < 1.29 is 13.5 Å². The lowest BCUT2D eigenvalue weighted by Crippen LogP contribution is -2.04. The molecule has 0 heterocycles. The number of anilines is 1. The van der Waals surface area contributed by atoms with Gasteiger partial charge in [0.05, 0.1) is 0 Å². The van der Waals surface area contributed by atoms with Crippen LogP contribution in [0, 0.1) is 11.6 Å². The summed E-state index contributed by atoms with van der Waals surface area (Å²) in [5.41, 5.74) is 1.29. The standard InChI is InChI=1S/C16H15F2NO/c1-2-7-20-16-6-4-3-5-12(16)11-19-15-9-13(17)8-14(18)10-15/h2-6,8-10,19H,1,7,11H2. The predicted molar refractivity (Wildman–Crippen MR) is 75.8 cm³/mol. The SMILES string of the molecule is C=CCOc1ccccc1CNc1cc(F)cc(F)c1. The zero-order valence-electron chi connectivity index (χ0n) is 10.9. The number of para-hydroxylation sites is 1. The van der Waals surface area contributed by atoms with Gasteiger partial charge in [0.15, 0.2) is 0 Å². The highest BCUT2D eigenvalue weighted by molar-refractivity contribution is 5.45. The molecule has 1 N–H and O–H groups in total. The van der Waals surface area contributed by atoms with Gasteiger partial charge < -0.3 is 10.1 Å². The first-order valence-corrected chi connectivity index (χ1v) is 6.20. The summed E-state index contributed by atoms with van der Waals surface area (Å²) < 4.78 is 31.7. The van der Waals surface area contributed by atoms with Gasteiger partial charge >= 0.3 is 0 Å². The van der Waals surface area contributed by atoms with Crippen LogP contribution in [-0.2, 0) is 6.54 Å². The number of benzene rings is 2. The van der Waals surface area contributed by atoms with Crippen molar-refractivity contribution in [1.29, 1.82) is 0 Å². The molecule has 2 rings (SSSR count). The number of ether oxygens (including phenoxy) is 1. The van der Waals surface area contributed by atoms with E-state index in [9.17, 15) is 8.78 Å². The Hall–Kier alpha value is -2.36. The van der Waals surface area contributed by atoms with E-state index in [0.29, 0.717) is 18.8 Å². The fraction of sp³-hybridized carbons (Fsp3) is 0.125. The van der Waals surface area contributed by atoms with E-state index in [4.69, 9.17) is 4.74 Å². The van der Waals surface area contributed by atoms with Crippen molar-refractivity contribution in [3.05, 3.63) is 72.3 Å².